The summed E-state index contributed by atoms with van der Waals surface area (Å²) in [5.41, 5.74) is 6.21. The molecule has 2 aliphatic heterocycles. The number of aryl methyl sites for hydroxylation is 1. The number of nitrogens with zero attached hydrogens (tertiary/aromatic N) is 3. The molecule has 0 radical (unpaired) electrons. The summed E-state index contributed by atoms with van der Waals surface area (Å²) >= 11 is 3.41. The fourth-order valence-corrected chi connectivity index (χ4v) is 6.13. The molecule has 27 heavy (non-hydrogen) atoms. The van der Waals surface area contributed by atoms with Crippen LogP contribution in [0.2, 0.25) is 0 Å². The number of amidine groups is 1. The van der Waals surface area contributed by atoms with Gasteiger partial charge >= 0.3 is 0 Å². The summed E-state index contributed by atoms with van der Waals surface area (Å²) in [6.07, 6.45) is 5.99. The van der Waals surface area contributed by atoms with Crippen molar-refractivity contribution in [2.75, 3.05) is 15.6 Å². The highest BCUT2D eigenvalue weighted by Gasteiger charge is 2.46. The van der Waals surface area contributed by atoms with Crippen LogP contribution in [0.5, 0.6) is 0 Å². The van der Waals surface area contributed by atoms with Crippen molar-refractivity contribution in [3.8, 4) is 0 Å². The zero-order chi connectivity index (χ0) is 18.4. The van der Waals surface area contributed by atoms with Gasteiger partial charge in [-0.2, -0.15) is 5.10 Å². The number of carbonyl (C=O) groups excluding carboxylic acids is 1. The molecule has 0 saturated heterocycles. The number of anilines is 2. The number of rotatable bonds is 3. The van der Waals surface area contributed by atoms with E-state index in [-0.39, 0.29) is 12.2 Å². The Kier molecular flexibility index (Phi) is 4.21. The SMILES string of the molecule is C=CCSC1=NNC2N(c3ccccc3)C(=O)c3c(sc4c3CCCC4)N12. The maximum atomic E-state index is 13.6. The number of fused-ring (bicyclic) bond motifs is 5. The van der Waals surface area contributed by atoms with E-state index in [0.29, 0.717) is 0 Å². The van der Waals surface area contributed by atoms with Gasteiger partial charge in [-0.1, -0.05) is 36.0 Å². The fourth-order valence-electron chi connectivity index (χ4n) is 3.96. The first kappa shape index (κ1) is 16.9. The zero-order valence-corrected chi connectivity index (χ0v) is 16.5. The third kappa shape index (κ3) is 2.60. The van der Waals surface area contributed by atoms with E-state index in [9.17, 15) is 4.79 Å². The first-order valence-corrected chi connectivity index (χ1v) is 11.0. The molecule has 7 heteroatoms. The van der Waals surface area contributed by atoms with E-state index in [1.807, 2.05) is 41.3 Å². The summed E-state index contributed by atoms with van der Waals surface area (Å²) in [7, 11) is 0. The average Bonchev–Trinajstić information content (AvgIpc) is 3.29. The molecule has 0 saturated carbocycles. The van der Waals surface area contributed by atoms with Gasteiger partial charge < -0.3 is 0 Å². The minimum atomic E-state index is -0.320. The Morgan fingerprint density at radius 2 is 2.07 bits per heavy atom. The third-order valence-corrected chi connectivity index (χ3v) is 7.38. The normalized spacial score (nSPS) is 20.5. The minimum absolute atomic E-state index is 0.0783. The number of thioether (sulfide) groups is 1. The van der Waals surface area contributed by atoms with Gasteiger partial charge in [0.05, 0.1) is 5.56 Å². The Morgan fingerprint density at radius 3 is 2.89 bits per heavy atom. The van der Waals surface area contributed by atoms with Crippen molar-refractivity contribution in [3.05, 3.63) is 59.0 Å². The number of hydrazone groups is 1. The molecular weight excluding hydrogens is 376 g/mol. The molecule has 5 nitrogen and oxygen atoms in total. The molecule has 0 fully saturated rings. The summed E-state index contributed by atoms with van der Waals surface area (Å²) < 4.78 is 0. The van der Waals surface area contributed by atoms with Gasteiger partial charge in [-0.05, 0) is 43.4 Å². The zero-order valence-electron chi connectivity index (χ0n) is 14.9. The van der Waals surface area contributed by atoms with Crippen molar-refractivity contribution in [2.45, 2.75) is 32.0 Å². The third-order valence-electron chi connectivity index (χ3n) is 5.14. The number of amides is 1. The summed E-state index contributed by atoms with van der Waals surface area (Å²) in [5.74, 6) is 0.859. The van der Waals surface area contributed by atoms with Gasteiger partial charge in [-0.25, -0.2) is 0 Å². The van der Waals surface area contributed by atoms with Crippen molar-refractivity contribution >= 4 is 44.9 Å². The Labute approximate surface area is 166 Å². The van der Waals surface area contributed by atoms with Crippen molar-refractivity contribution in [1.82, 2.24) is 5.43 Å². The highest BCUT2D eigenvalue weighted by atomic mass is 32.2. The number of thiophene rings is 1. The van der Waals surface area contributed by atoms with E-state index >= 15 is 0 Å². The lowest BCUT2D eigenvalue weighted by atomic mass is 9.94. The molecule has 2 aromatic rings. The molecule has 1 atom stereocenters. The topological polar surface area (TPSA) is 47.9 Å². The van der Waals surface area contributed by atoms with Crippen molar-refractivity contribution < 1.29 is 4.79 Å². The number of carbonyl (C=O) groups is 1. The average molecular weight is 397 g/mol. The standard InChI is InChI=1S/C20H20N4OS2/c1-2-12-26-20-22-21-19-23(13-8-4-3-5-9-13)17(25)16-14-10-6-7-11-15(14)27-18(16)24(19)20/h2-5,8-9,19,21H,1,6-7,10-12H2. The van der Waals surface area contributed by atoms with Gasteiger partial charge in [0, 0.05) is 16.3 Å². The van der Waals surface area contributed by atoms with Crippen LogP contribution in [0, 0.1) is 0 Å². The highest BCUT2D eigenvalue weighted by Crippen LogP contribution is 2.46. The van der Waals surface area contributed by atoms with Crippen LogP contribution in [0.4, 0.5) is 10.7 Å². The van der Waals surface area contributed by atoms with Crippen LogP contribution in [0.25, 0.3) is 0 Å². The summed E-state index contributed by atoms with van der Waals surface area (Å²) in [4.78, 5) is 19.0. The largest absolute Gasteiger partial charge is 0.269 e. The van der Waals surface area contributed by atoms with E-state index in [1.54, 1.807) is 23.1 Å². The van der Waals surface area contributed by atoms with Gasteiger partial charge in [0.1, 0.15) is 5.00 Å². The Balaban J connectivity index is 1.66. The Bertz CT molecular complexity index is 937. The van der Waals surface area contributed by atoms with E-state index in [1.165, 1.54) is 16.9 Å². The van der Waals surface area contributed by atoms with Crippen LogP contribution in [-0.4, -0.2) is 23.1 Å². The van der Waals surface area contributed by atoms with E-state index in [0.717, 1.165) is 46.4 Å². The van der Waals surface area contributed by atoms with Crippen LogP contribution in [0.1, 0.15) is 33.6 Å². The number of hydrogen-bond acceptors (Lipinski definition) is 6. The molecule has 1 amide bonds. The predicted molar refractivity (Wildman–Crippen MR) is 114 cm³/mol. The first-order valence-electron chi connectivity index (χ1n) is 9.19. The lowest BCUT2D eigenvalue weighted by molar-refractivity contribution is 0.0968. The predicted octanol–water partition coefficient (Wildman–Crippen LogP) is 4.17. The summed E-state index contributed by atoms with van der Waals surface area (Å²) in [6.45, 7) is 3.82. The Hall–Kier alpha value is -2.25. The quantitative estimate of drug-likeness (QED) is 0.791. The second-order valence-electron chi connectivity index (χ2n) is 6.77. The smallest absolute Gasteiger partial charge is 0.264 e. The molecule has 1 unspecified atom stereocenters. The van der Waals surface area contributed by atoms with E-state index in [2.05, 4.69) is 22.0 Å². The number of benzene rings is 1. The molecule has 1 N–H and O–H groups in total. The van der Waals surface area contributed by atoms with Crippen LogP contribution in [0.15, 0.2) is 48.1 Å². The summed E-state index contributed by atoms with van der Waals surface area (Å²) in [6, 6.07) is 9.87. The van der Waals surface area contributed by atoms with Crippen LogP contribution in [-0.2, 0) is 12.8 Å². The lowest BCUT2D eigenvalue weighted by Gasteiger charge is -2.39. The van der Waals surface area contributed by atoms with Crippen molar-refractivity contribution in [2.24, 2.45) is 5.10 Å². The molecule has 1 aliphatic carbocycles. The number of nitrogens with one attached hydrogen (secondary N) is 1. The highest BCUT2D eigenvalue weighted by molar-refractivity contribution is 8.14. The second kappa shape index (κ2) is 6.73. The maximum absolute atomic E-state index is 13.6. The van der Waals surface area contributed by atoms with Gasteiger partial charge in [-0.3, -0.25) is 20.0 Å². The maximum Gasteiger partial charge on any atom is 0.264 e. The van der Waals surface area contributed by atoms with Crippen molar-refractivity contribution in [1.29, 1.82) is 0 Å². The molecule has 1 aromatic heterocycles. The van der Waals surface area contributed by atoms with Gasteiger partial charge in [0.25, 0.3) is 5.91 Å². The van der Waals surface area contributed by atoms with Crippen molar-refractivity contribution in [3.63, 3.8) is 0 Å². The number of para-hydroxylation sites is 1. The molecule has 0 bridgehead atoms. The molecular formula is C20H20N4OS2. The number of hydrogen-bond donors (Lipinski definition) is 1. The minimum Gasteiger partial charge on any atom is -0.269 e. The molecule has 1 aromatic carbocycles. The fraction of sp³-hybridized carbons (Fsp3) is 0.300. The Morgan fingerprint density at radius 1 is 1.26 bits per heavy atom. The molecule has 138 valence electrons. The molecule has 0 spiro atoms. The van der Waals surface area contributed by atoms with Crippen LogP contribution >= 0.6 is 23.1 Å². The van der Waals surface area contributed by atoms with Crippen LogP contribution in [0.3, 0.4) is 0 Å². The van der Waals surface area contributed by atoms with E-state index in [4.69, 9.17) is 0 Å². The van der Waals surface area contributed by atoms with Gasteiger partial charge in [0.15, 0.2) is 5.17 Å². The lowest BCUT2D eigenvalue weighted by Crippen LogP contribution is -2.58. The van der Waals surface area contributed by atoms with Gasteiger partial charge in [-0.15, -0.1) is 17.9 Å². The summed E-state index contributed by atoms with van der Waals surface area (Å²) in [5, 5.41) is 6.50. The second-order valence-corrected chi connectivity index (χ2v) is 8.84. The van der Waals surface area contributed by atoms with E-state index < -0.39 is 0 Å². The first-order chi connectivity index (χ1) is 13.3. The van der Waals surface area contributed by atoms with Gasteiger partial charge in [0.2, 0.25) is 6.29 Å². The van der Waals surface area contributed by atoms with Crippen LogP contribution < -0.4 is 15.2 Å². The monoisotopic (exact) mass is 396 g/mol. The molecule has 5 rings (SSSR count). The molecule has 3 heterocycles. The molecule has 3 aliphatic rings.